The molecule has 2 amide bonds. The number of urea groups is 1. The van der Waals surface area contributed by atoms with Gasteiger partial charge in [0.1, 0.15) is 5.60 Å². The number of carbonyl (C=O) groups is 1. The van der Waals surface area contributed by atoms with E-state index < -0.39 is 0 Å². The number of piperidine rings is 1. The normalized spacial score (nSPS) is 29.4. The van der Waals surface area contributed by atoms with Gasteiger partial charge in [-0.15, -0.1) is 0 Å². The second kappa shape index (κ2) is 5.69. The molecule has 98 valence electrons. The number of nitrogens with zero attached hydrogens (tertiary/aromatic N) is 1. The molecule has 1 unspecified atom stereocenters. The highest BCUT2D eigenvalue weighted by molar-refractivity contribution is 5.74. The van der Waals surface area contributed by atoms with Gasteiger partial charge < -0.3 is 19.7 Å². The van der Waals surface area contributed by atoms with E-state index in [1.165, 1.54) is 6.42 Å². The third-order valence-corrected chi connectivity index (χ3v) is 3.71. The Morgan fingerprint density at radius 2 is 2.18 bits per heavy atom. The Morgan fingerprint density at radius 1 is 1.41 bits per heavy atom. The van der Waals surface area contributed by atoms with Crippen LogP contribution in [0, 0.1) is 0 Å². The molecule has 0 radical (unpaired) electrons. The van der Waals surface area contributed by atoms with Crippen LogP contribution in [0.3, 0.4) is 0 Å². The molecule has 17 heavy (non-hydrogen) atoms. The van der Waals surface area contributed by atoms with Crippen molar-refractivity contribution < 1.29 is 14.3 Å². The highest BCUT2D eigenvalue weighted by Gasteiger charge is 2.35. The van der Waals surface area contributed by atoms with E-state index in [1.54, 1.807) is 7.11 Å². The molecule has 0 saturated carbocycles. The Balaban J connectivity index is 1.78. The van der Waals surface area contributed by atoms with Gasteiger partial charge >= 0.3 is 6.03 Å². The standard InChI is InChI=1S/C12H22N2O3/c1-16-12(5-8-17-10-12)9-13-11(15)14-6-3-2-4-7-14/h2-10H2,1H3,(H,13,15). The van der Waals surface area contributed by atoms with Gasteiger partial charge in [-0.05, 0) is 19.3 Å². The van der Waals surface area contributed by atoms with Gasteiger partial charge in [0.2, 0.25) is 0 Å². The van der Waals surface area contributed by atoms with Crippen molar-refractivity contribution in [1.29, 1.82) is 0 Å². The van der Waals surface area contributed by atoms with E-state index in [0.717, 1.165) is 32.4 Å². The fourth-order valence-corrected chi connectivity index (χ4v) is 2.41. The van der Waals surface area contributed by atoms with Crippen LogP contribution in [0.15, 0.2) is 0 Å². The second-order valence-corrected chi connectivity index (χ2v) is 4.90. The summed E-state index contributed by atoms with van der Waals surface area (Å²) >= 11 is 0. The van der Waals surface area contributed by atoms with Crippen molar-refractivity contribution in [1.82, 2.24) is 10.2 Å². The van der Waals surface area contributed by atoms with E-state index in [0.29, 0.717) is 19.8 Å². The summed E-state index contributed by atoms with van der Waals surface area (Å²) in [6.07, 6.45) is 4.32. The van der Waals surface area contributed by atoms with Crippen molar-refractivity contribution in [3.8, 4) is 0 Å². The highest BCUT2D eigenvalue weighted by Crippen LogP contribution is 2.21. The Hall–Kier alpha value is -0.810. The maximum absolute atomic E-state index is 11.9. The first-order valence-corrected chi connectivity index (χ1v) is 6.41. The summed E-state index contributed by atoms with van der Waals surface area (Å²) in [5.41, 5.74) is -0.314. The van der Waals surface area contributed by atoms with Crippen LogP contribution in [0.25, 0.3) is 0 Å². The van der Waals surface area contributed by atoms with Crippen LogP contribution in [0.4, 0.5) is 4.79 Å². The lowest BCUT2D eigenvalue weighted by Gasteiger charge is -2.30. The Morgan fingerprint density at radius 3 is 2.76 bits per heavy atom. The molecule has 0 aromatic carbocycles. The quantitative estimate of drug-likeness (QED) is 0.803. The summed E-state index contributed by atoms with van der Waals surface area (Å²) < 4.78 is 10.8. The van der Waals surface area contributed by atoms with Crippen LogP contribution in [0.5, 0.6) is 0 Å². The molecule has 2 rings (SSSR count). The molecule has 5 nitrogen and oxygen atoms in total. The molecule has 2 fully saturated rings. The van der Waals surface area contributed by atoms with Crippen molar-refractivity contribution in [3.63, 3.8) is 0 Å². The highest BCUT2D eigenvalue weighted by atomic mass is 16.5. The third-order valence-electron chi connectivity index (χ3n) is 3.71. The molecule has 1 atom stereocenters. The molecule has 0 aromatic heterocycles. The zero-order valence-electron chi connectivity index (χ0n) is 10.5. The molecule has 2 aliphatic rings. The Kier molecular flexibility index (Phi) is 4.23. The molecule has 5 heteroatoms. The lowest BCUT2D eigenvalue weighted by molar-refractivity contribution is -0.0145. The van der Waals surface area contributed by atoms with Gasteiger partial charge in [-0.3, -0.25) is 0 Å². The van der Waals surface area contributed by atoms with Crippen LogP contribution in [-0.2, 0) is 9.47 Å². The van der Waals surface area contributed by atoms with E-state index in [-0.39, 0.29) is 11.6 Å². The second-order valence-electron chi connectivity index (χ2n) is 4.90. The van der Waals surface area contributed by atoms with Crippen LogP contribution in [0.1, 0.15) is 25.7 Å². The zero-order valence-corrected chi connectivity index (χ0v) is 10.5. The molecule has 2 saturated heterocycles. The first-order valence-electron chi connectivity index (χ1n) is 6.41. The summed E-state index contributed by atoms with van der Waals surface area (Å²) in [6.45, 7) is 3.58. The average Bonchev–Trinajstić information content (AvgIpc) is 2.86. The molecular weight excluding hydrogens is 220 g/mol. The summed E-state index contributed by atoms with van der Waals surface area (Å²) in [6, 6.07) is 0.0352. The number of rotatable bonds is 3. The minimum Gasteiger partial charge on any atom is -0.378 e. The van der Waals surface area contributed by atoms with Gasteiger partial charge in [0.05, 0.1) is 13.2 Å². The van der Waals surface area contributed by atoms with Crippen LogP contribution in [0.2, 0.25) is 0 Å². The summed E-state index contributed by atoms with van der Waals surface area (Å²) in [5, 5.41) is 2.97. The molecule has 0 bridgehead atoms. The largest absolute Gasteiger partial charge is 0.378 e. The fourth-order valence-electron chi connectivity index (χ4n) is 2.41. The number of hydrogen-bond acceptors (Lipinski definition) is 3. The zero-order chi connectivity index (χ0) is 12.1. The van der Waals surface area contributed by atoms with E-state index in [2.05, 4.69) is 5.32 Å². The van der Waals surface area contributed by atoms with Gasteiger partial charge in [0.15, 0.2) is 0 Å². The molecule has 0 aliphatic carbocycles. The predicted molar refractivity (Wildman–Crippen MR) is 64.0 cm³/mol. The van der Waals surface area contributed by atoms with Gasteiger partial charge in [-0.25, -0.2) is 4.79 Å². The monoisotopic (exact) mass is 242 g/mol. The number of methoxy groups -OCH3 is 1. The van der Waals surface area contributed by atoms with Crippen LogP contribution in [-0.4, -0.2) is 56.5 Å². The Bertz CT molecular complexity index is 258. The minimum absolute atomic E-state index is 0.0352. The maximum Gasteiger partial charge on any atom is 0.317 e. The van der Waals surface area contributed by atoms with Crippen LogP contribution >= 0.6 is 0 Å². The van der Waals surface area contributed by atoms with Crippen molar-refractivity contribution >= 4 is 6.03 Å². The van der Waals surface area contributed by atoms with Gasteiger partial charge in [0, 0.05) is 33.2 Å². The molecule has 0 aromatic rings. The Labute approximate surface area is 102 Å². The van der Waals surface area contributed by atoms with Gasteiger partial charge in [-0.2, -0.15) is 0 Å². The number of amides is 2. The molecule has 0 spiro atoms. The van der Waals surface area contributed by atoms with Gasteiger partial charge in [-0.1, -0.05) is 0 Å². The van der Waals surface area contributed by atoms with E-state index in [9.17, 15) is 4.79 Å². The summed E-state index contributed by atoms with van der Waals surface area (Å²) in [7, 11) is 1.68. The van der Waals surface area contributed by atoms with Crippen molar-refractivity contribution in [2.24, 2.45) is 0 Å². The third kappa shape index (κ3) is 3.10. The van der Waals surface area contributed by atoms with E-state index >= 15 is 0 Å². The topological polar surface area (TPSA) is 50.8 Å². The predicted octanol–water partition coefficient (Wildman–Crippen LogP) is 0.987. The van der Waals surface area contributed by atoms with E-state index in [1.807, 2.05) is 4.90 Å². The SMILES string of the molecule is COC1(CNC(=O)N2CCCCC2)CCOC1. The van der Waals surface area contributed by atoms with Crippen molar-refractivity contribution in [3.05, 3.63) is 0 Å². The maximum atomic E-state index is 11.9. The lowest BCUT2D eigenvalue weighted by atomic mass is 10.0. The molecule has 1 N–H and O–H groups in total. The first kappa shape index (κ1) is 12.6. The van der Waals surface area contributed by atoms with Crippen molar-refractivity contribution in [2.75, 3.05) is 40.0 Å². The minimum atomic E-state index is -0.314. The molecule has 2 aliphatic heterocycles. The number of likely N-dealkylation sites (tertiary alicyclic amines) is 1. The number of carbonyl (C=O) groups excluding carboxylic acids is 1. The average molecular weight is 242 g/mol. The molecular formula is C12H22N2O3. The molecule has 2 heterocycles. The smallest absolute Gasteiger partial charge is 0.317 e. The summed E-state index contributed by atoms with van der Waals surface area (Å²) in [4.78, 5) is 13.8. The lowest BCUT2D eigenvalue weighted by Crippen LogP contribution is -2.50. The number of ether oxygens (including phenoxy) is 2. The van der Waals surface area contributed by atoms with Crippen molar-refractivity contribution in [2.45, 2.75) is 31.3 Å². The van der Waals surface area contributed by atoms with Gasteiger partial charge in [0.25, 0.3) is 0 Å². The number of hydrogen-bond donors (Lipinski definition) is 1. The van der Waals surface area contributed by atoms with E-state index in [4.69, 9.17) is 9.47 Å². The fraction of sp³-hybridized carbons (Fsp3) is 0.917. The number of nitrogens with one attached hydrogen (secondary N) is 1. The van der Waals surface area contributed by atoms with Crippen LogP contribution < -0.4 is 5.32 Å². The first-order chi connectivity index (χ1) is 8.26. The summed E-state index contributed by atoms with van der Waals surface area (Å²) in [5.74, 6) is 0.